The van der Waals surface area contributed by atoms with E-state index in [2.05, 4.69) is 10.5 Å². The highest BCUT2D eigenvalue weighted by Gasteiger charge is 2.06. The first kappa shape index (κ1) is 15.6. The number of hydrazone groups is 1. The molecule has 0 aliphatic carbocycles. The van der Waals surface area contributed by atoms with Gasteiger partial charge in [-0.05, 0) is 38.1 Å². The zero-order valence-electron chi connectivity index (χ0n) is 12.5. The van der Waals surface area contributed by atoms with Crippen molar-refractivity contribution in [1.82, 2.24) is 5.43 Å². The summed E-state index contributed by atoms with van der Waals surface area (Å²) in [6, 6.07) is 10.8. The molecule has 1 aromatic heterocycles. The van der Waals surface area contributed by atoms with E-state index in [9.17, 15) is 4.79 Å². The molecule has 116 valence electrons. The van der Waals surface area contributed by atoms with E-state index in [-0.39, 0.29) is 12.5 Å². The molecule has 0 saturated heterocycles. The third-order valence-corrected chi connectivity index (χ3v) is 2.65. The molecule has 0 bridgehead atoms. The summed E-state index contributed by atoms with van der Waals surface area (Å²) in [5.41, 5.74) is 2.37. The van der Waals surface area contributed by atoms with Crippen LogP contribution >= 0.6 is 0 Å². The fourth-order valence-electron chi connectivity index (χ4n) is 1.71. The van der Waals surface area contributed by atoms with Crippen LogP contribution in [0.1, 0.15) is 18.4 Å². The van der Waals surface area contributed by atoms with Crippen LogP contribution in [0.5, 0.6) is 11.5 Å². The first-order chi connectivity index (χ1) is 10.7. The minimum Gasteiger partial charge on any atom is -0.490 e. The maximum absolute atomic E-state index is 11.7. The maximum atomic E-state index is 11.7. The van der Waals surface area contributed by atoms with Crippen molar-refractivity contribution in [2.24, 2.45) is 5.10 Å². The molecular weight excluding hydrogens is 284 g/mol. The van der Waals surface area contributed by atoms with Crippen molar-refractivity contribution in [2.45, 2.75) is 13.8 Å². The minimum absolute atomic E-state index is 0.154. The van der Waals surface area contributed by atoms with Crippen molar-refractivity contribution in [2.75, 3.05) is 13.2 Å². The highest BCUT2D eigenvalue weighted by Crippen LogP contribution is 2.26. The fraction of sp³-hybridized carbons (Fsp3) is 0.250. The van der Waals surface area contributed by atoms with Gasteiger partial charge in [-0.1, -0.05) is 12.1 Å². The van der Waals surface area contributed by atoms with Gasteiger partial charge in [0.2, 0.25) is 0 Å². The first-order valence-corrected chi connectivity index (χ1v) is 6.92. The molecule has 2 rings (SSSR count). The lowest BCUT2D eigenvalue weighted by molar-refractivity contribution is -0.123. The minimum atomic E-state index is -0.370. The van der Waals surface area contributed by atoms with Crippen LogP contribution in [0.15, 0.2) is 45.9 Å². The van der Waals surface area contributed by atoms with E-state index in [1.165, 1.54) is 6.21 Å². The molecule has 1 N–H and O–H groups in total. The molecule has 0 spiro atoms. The Hall–Kier alpha value is -2.76. The number of nitrogens with zero attached hydrogens (tertiary/aromatic N) is 1. The quantitative estimate of drug-likeness (QED) is 0.630. The second-order valence-corrected chi connectivity index (χ2v) is 4.41. The third-order valence-electron chi connectivity index (χ3n) is 2.65. The van der Waals surface area contributed by atoms with Crippen LogP contribution in [-0.2, 0) is 4.79 Å². The molecule has 2 aromatic rings. The van der Waals surface area contributed by atoms with Crippen LogP contribution in [-0.4, -0.2) is 25.3 Å². The van der Waals surface area contributed by atoms with Gasteiger partial charge < -0.3 is 13.9 Å². The van der Waals surface area contributed by atoms with Gasteiger partial charge in [-0.25, -0.2) is 5.43 Å². The van der Waals surface area contributed by atoms with Crippen LogP contribution in [0.25, 0.3) is 0 Å². The normalized spacial score (nSPS) is 10.6. The molecular formula is C16H18N2O4. The monoisotopic (exact) mass is 302 g/mol. The van der Waals surface area contributed by atoms with Crippen molar-refractivity contribution < 1.29 is 18.7 Å². The molecule has 1 amide bonds. The summed E-state index contributed by atoms with van der Waals surface area (Å²) in [6.07, 6.45) is 1.43. The predicted molar refractivity (Wildman–Crippen MR) is 82.3 cm³/mol. The molecule has 0 radical (unpaired) electrons. The van der Waals surface area contributed by atoms with Gasteiger partial charge >= 0.3 is 0 Å². The van der Waals surface area contributed by atoms with Crippen LogP contribution in [0.4, 0.5) is 0 Å². The number of amides is 1. The zero-order valence-corrected chi connectivity index (χ0v) is 12.5. The van der Waals surface area contributed by atoms with Crippen LogP contribution < -0.4 is 14.9 Å². The van der Waals surface area contributed by atoms with E-state index in [0.717, 1.165) is 5.76 Å². The highest BCUT2D eigenvalue weighted by atomic mass is 16.5. The molecule has 0 atom stereocenters. The second-order valence-electron chi connectivity index (χ2n) is 4.41. The number of aryl methyl sites for hydroxylation is 1. The number of carbonyl (C=O) groups is 1. The van der Waals surface area contributed by atoms with Gasteiger partial charge in [0, 0.05) is 0 Å². The average molecular weight is 302 g/mol. The number of benzene rings is 1. The lowest BCUT2D eigenvalue weighted by atomic mass is 10.3. The highest BCUT2D eigenvalue weighted by molar-refractivity contribution is 5.81. The molecule has 1 heterocycles. The largest absolute Gasteiger partial charge is 0.490 e. The lowest BCUT2D eigenvalue weighted by Crippen LogP contribution is -2.24. The van der Waals surface area contributed by atoms with E-state index < -0.39 is 0 Å². The summed E-state index contributed by atoms with van der Waals surface area (Å²) in [5, 5.41) is 3.80. The Kier molecular flexibility index (Phi) is 5.59. The Bertz CT molecular complexity index is 649. The van der Waals surface area contributed by atoms with E-state index in [4.69, 9.17) is 13.9 Å². The molecule has 0 saturated carbocycles. The van der Waals surface area contributed by atoms with Gasteiger partial charge in [-0.2, -0.15) is 5.10 Å². The average Bonchev–Trinajstić information content (AvgIpc) is 2.92. The number of hydrogen-bond acceptors (Lipinski definition) is 5. The molecule has 1 aromatic carbocycles. The Morgan fingerprint density at radius 1 is 1.23 bits per heavy atom. The van der Waals surface area contributed by atoms with Crippen LogP contribution in [0.2, 0.25) is 0 Å². The molecule has 6 heteroatoms. The SMILES string of the molecule is CCOc1ccccc1OCC(=O)N/N=C/c1ccc(C)o1. The predicted octanol–water partition coefficient (Wildman–Crippen LogP) is 2.52. The number of rotatable bonds is 7. The van der Waals surface area contributed by atoms with Crippen molar-refractivity contribution in [1.29, 1.82) is 0 Å². The van der Waals surface area contributed by atoms with E-state index >= 15 is 0 Å². The topological polar surface area (TPSA) is 73.1 Å². The molecule has 22 heavy (non-hydrogen) atoms. The summed E-state index contributed by atoms with van der Waals surface area (Å²) < 4.78 is 16.1. The summed E-state index contributed by atoms with van der Waals surface area (Å²) in [6.45, 7) is 4.09. The summed E-state index contributed by atoms with van der Waals surface area (Å²) in [7, 11) is 0. The number of furan rings is 1. The lowest BCUT2D eigenvalue weighted by Gasteiger charge is -2.10. The standard InChI is InChI=1S/C16H18N2O4/c1-3-20-14-6-4-5-7-15(14)21-11-16(19)18-17-10-13-9-8-12(2)22-13/h4-10H,3,11H2,1-2H3,(H,18,19)/b17-10+. The number of ether oxygens (including phenoxy) is 2. The van der Waals surface area contributed by atoms with Gasteiger partial charge in [0.15, 0.2) is 18.1 Å². The Labute approximate surface area is 128 Å². The van der Waals surface area contributed by atoms with Crippen molar-refractivity contribution in [3.8, 4) is 11.5 Å². The molecule has 0 aliphatic heterocycles. The maximum Gasteiger partial charge on any atom is 0.277 e. The van der Waals surface area contributed by atoms with Crippen molar-refractivity contribution >= 4 is 12.1 Å². The molecule has 0 fully saturated rings. The van der Waals surface area contributed by atoms with E-state index in [0.29, 0.717) is 23.9 Å². The number of para-hydroxylation sites is 2. The Morgan fingerprint density at radius 2 is 1.95 bits per heavy atom. The Morgan fingerprint density at radius 3 is 2.59 bits per heavy atom. The zero-order chi connectivity index (χ0) is 15.8. The third kappa shape index (κ3) is 4.66. The van der Waals surface area contributed by atoms with Gasteiger partial charge in [0.05, 0.1) is 12.8 Å². The van der Waals surface area contributed by atoms with Crippen molar-refractivity contribution in [3.63, 3.8) is 0 Å². The van der Waals surface area contributed by atoms with Gasteiger partial charge in [0.25, 0.3) is 5.91 Å². The summed E-state index contributed by atoms with van der Waals surface area (Å²) >= 11 is 0. The Balaban J connectivity index is 1.81. The van der Waals surface area contributed by atoms with Crippen LogP contribution in [0.3, 0.4) is 0 Å². The summed E-state index contributed by atoms with van der Waals surface area (Å²) in [5.74, 6) is 2.10. The number of hydrogen-bond donors (Lipinski definition) is 1. The van der Waals surface area contributed by atoms with Crippen LogP contribution in [0, 0.1) is 6.92 Å². The fourth-order valence-corrected chi connectivity index (χ4v) is 1.71. The number of nitrogens with one attached hydrogen (secondary N) is 1. The smallest absolute Gasteiger partial charge is 0.277 e. The molecule has 6 nitrogen and oxygen atoms in total. The van der Waals surface area contributed by atoms with Gasteiger partial charge in [0.1, 0.15) is 11.5 Å². The number of carbonyl (C=O) groups excluding carboxylic acids is 1. The van der Waals surface area contributed by atoms with E-state index in [1.807, 2.05) is 32.0 Å². The molecule has 0 aliphatic rings. The first-order valence-electron chi connectivity index (χ1n) is 6.92. The van der Waals surface area contributed by atoms with Gasteiger partial charge in [-0.3, -0.25) is 4.79 Å². The summed E-state index contributed by atoms with van der Waals surface area (Å²) in [4.78, 5) is 11.7. The van der Waals surface area contributed by atoms with Crippen molar-refractivity contribution in [3.05, 3.63) is 47.9 Å². The molecule has 0 unspecified atom stereocenters. The van der Waals surface area contributed by atoms with E-state index in [1.54, 1.807) is 18.2 Å². The van der Waals surface area contributed by atoms with Gasteiger partial charge in [-0.15, -0.1) is 0 Å². The second kappa shape index (κ2) is 7.87.